The topological polar surface area (TPSA) is 50.2 Å². The Balaban J connectivity index is 2.20. The van der Waals surface area contributed by atoms with Gasteiger partial charge in [-0.15, -0.1) is 11.3 Å². The van der Waals surface area contributed by atoms with E-state index in [-0.39, 0.29) is 12.3 Å². The second-order valence-electron chi connectivity index (χ2n) is 3.60. The van der Waals surface area contributed by atoms with Crippen LogP contribution in [0.3, 0.4) is 0 Å². The van der Waals surface area contributed by atoms with Gasteiger partial charge in [-0.1, -0.05) is 6.92 Å². The maximum atomic E-state index is 10.6. The molecule has 3 nitrogen and oxygen atoms in total. The molecule has 0 fully saturated rings. The van der Waals surface area contributed by atoms with E-state index in [2.05, 4.69) is 11.9 Å². The van der Waals surface area contributed by atoms with Crippen LogP contribution in [0.4, 0.5) is 0 Å². The third kappa shape index (κ3) is 1.66. The molecule has 1 atom stereocenters. The van der Waals surface area contributed by atoms with Gasteiger partial charge in [-0.05, 0) is 19.3 Å². The van der Waals surface area contributed by atoms with Crippen molar-refractivity contribution in [1.82, 2.24) is 4.98 Å². The lowest BCUT2D eigenvalue weighted by atomic mass is 10.0. The molecule has 1 aliphatic rings. The summed E-state index contributed by atoms with van der Waals surface area (Å²) in [6.07, 6.45) is 3.17. The number of thiazole rings is 1. The van der Waals surface area contributed by atoms with E-state index < -0.39 is 5.97 Å². The summed E-state index contributed by atoms with van der Waals surface area (Å²) < 4.78 is 0. The Kier molecular flexibility index (Phi) is 2.54. The zero-order chi connectivity index (χ0) is 10.1. The van der Waals surface area contributed by atoms with E-state index in [1.54, 1.807) is 11.3 Å². The highest BCUT2D eigenvalue weighted by atomic mass is 32.1. The first-order valence-corrected chi connectivity index (χ1v) is 5.72. The highest BCUT2D eigenvalue weighted by molar-refractivity contribution is 7.11. The zero-order valence-electron chi connectivity index (χ0n) is 8.12. The van der Waals surface area contributed by atoms with Gasteiger partial charge in [0.2, 0.25) is 0 Å². The Hall–Kier alpha value is -0.900. The quantitative estimate of drug-likeness (QED) is 0.834. The van der Waals surface area contributed by atoms with Crippen molar-refractivity contribution in [2.75, 3.05) is 0 Å². The molecular weight excluding hydrogens is 198 g/mol. The van der Waals surface area contributed by atoms with E-state index >= 15 is 0 Å². The summed E-state index contributed by atoms with van der Waals surface area (Å²) in [4.78, 5) is 16.4. The zero-order valence-corrected chi connectivity index (χ0v) is 8.93. The maximum Gasteiger partial charge on any atom is 0.304 e. The Morgan fingerprint density at radius 1 is 1.71 bits per heavy atom. The van der Waals surface area contributed by atoms with Gasteiger partial charge in [-0.3, -0.25) is 4.79 Å². The molecule has 1 aromatic heterocycles. The first-order chi connectivity index (χ1) is 6.70. The fourth-order valence-corrected chi connectivity index (χ4v) is 3.02. The Morgan fingerprint density at radius 2 is 2.50 bits per heavy atom. The smallest absolute Gasteiger partial charge is 0.304 e. The van der Waals surface area contributed by atoms with Gasteiger partial charge >= 0.3 is 5.97 Å². The molecule has 0 radical (unpaired) electrons. The minimum Gasteiger partial charge on any atom is -0.481 e. The molecule has 1 N–H and O–H groups in total. The monoisotopic (exact) mass is 211 g/mol. The molecular formula is C10H13NO2S. The molecule has 14 heavy (non-hydrogen) atoms. The van der Waals surface area contributed by atoms with Gasteiger partial charge in [0.15, 0.2) is 0 Å². The summed E-state index contributed by atoms with van der Waals surface area (Å²) in [5.74, 6) is -0.548. The van der Waals surface area contributed by atoms with Crippen LogP contribution in [-0.2, 0) is 17.6 Å². The number of carboxylic acid groups (broad SMARTS) is 1. The number of aliphatic carboxylic acids is 1. The van der Waals surface area contributed by atoms with E-state index in [4.69, 9.17) is 5.11 Å². The van der Waals surface area contributed by atoms with Gasteiger partial charge in [0.1, 0.15) is 0 Å². The number of nitrogens with zero attached hydrogens (tertiary/aromatic N) is 1. The summed E-state index contributed by atoms with van der Waals surface area (Å²) in [7, 11) is 0. The molecule has 0 aromatic carbocycles. The molecule has 2 rings (SSSR count). The standard InChI is InChI=1S/C10H13NO2S/c1-2-8-11-10-6(5-9(12)13)3-4-7(10)14-8/h6H,2-5H2,1H3,(H,12,13). The maximum absolute atomic E-state index is 10.6. The van der Waals surface area contributed by atoms with Crippen molar-refractivity contribution in [2.45, 2.75) is 38.5 Å². The lowest BCUT2D eigenvalue weighted by Gasteiger charge is -2.04. The first kappa shape index (κ1) is 9.65. The Labute approximate surface area is 86.8 Å². The minimum absolute atomic E-state index is 0.166. The van der Waals surface area contributed by atoms with Crippen molar-refractivity contribution in [2.24, 2.45) is 0 Å². The summed E-state index contributed by atoms with van der Waals surface area (Å²) >= 11 is 1.75. The van der Waals surface area contributed by atoms with Crippen LogP contribution in [0.5, 0.6) is 0 Å². The molecule has 0 amide bonds. The van der Waals surface area contributed by atoms with Gasteiger partial charge in [0, 0.05) is 10.8 Å². The molecule has 1 unspecified atom stereocenters. The van der Waals surface area contributed by atoms with Crippen molar-refractivity contribution in [3.63, 3.8) is 0 Å². The van der Waals surface area contributed by atoms with Gasteiger partial charge < -0.3 is 5.11 Å². The first-order valence-electron chi connectivity index (χ1n) is 4.91. The average Bonchev–Trinajstić information content (AvgIpc) is 2.66. The molecule has 0 spiro atoms. The lowest BCUT2D eigenvalue weighted by Crippen LogP contribution is -2.03. The van der Waals surface area contributed by atoms with Crippen LogP contribution in [0.25, 0.3) is 0 Å². The number of rotatable bonds is 3. The number of carbonyl (C=O) groups is 1. The fourth-order valence-electron chi connectivity index (χ4n) is 1.91. The number of carboxylic acids is 1. The second-order valence-corrected chi connectivity index (χ2v) is 4.77. The van der Waals surface area contributed by atoms with Crippen LogP contribution in [0.15, 0.2) is 0 Å². The Morgan fingerprint density at radius 3 is 3.14 bits per heavy atom. The average molecular weight is 211 g/mol. The summed E-state index contributed by atoms with van der Waals surface area (Å²) in [6.45, 7) is 2.08. The van der Waals surface area contributed by atoms with E-state index in [1.165, 1.54) is 4.88 Å². The number of hydrogen-bond donors (Lipinski definition) is 1. The van der Waals surface area contributed by atoms with Gasteiger partial charge in [-0.2, -0.15) is 0 Å². The third-order valence-electron chi connectivity index (χ3n) is 2.60. The number of fused-ring (bicyclic) bond motifs is 1. The van der Waals surface area contributed by atoms with Crippen LogP contribution in [0.2, 0.25) is 0 Å². The third-order valence-corrected chi connectivity index (χ3v) is 3.88. The van der Waals surface area contributed by atoms with Gasteiger partial charge in [-0.25, -0.2) is 4.98 Å². The highest BCUT2D eigenvalue weighted by Gasteiger charge is 2.28. The molecule has 76 valence electrons. The largest absolute Gasteiger partial charge is 0.481 e. The summed E-state index contributed by atoms with van der Waals surface area (Å²) in [5.41, 5.74) is 1.06. The molecule has 1 aromatic rings. The van der Waals surface area contributed by atoms with E-state index in [9.17, 15) is 4.79 Å². The summed E-state index contributed by atoms with van der Waals surface area (Å²) in [5, 5.41) is 9.88. The number of hydrogen-bond acceptors (Lipinski definition) is 3. The normalized spacial score (nSPS) is 19.6. The van der Waals surface area contributed by atoms with Crippen LogP contribution >= 0.6 is 11.3 Å². The molecule has 0 aliphatic heterocycles. The molecule has 0 saturated heterocycles. The van der Waals surface area contributed by atoms with Gasteiger partial charge in [0.25, 0.3) is 0 Å². The lowest BCUT2D eigenvalue weighted by molar-refractivity contribution is -0.137. The van der Waals surface area contributed by atoms with Crippen molar-refractivity contribution in [3.8, 4) is 0 Å². The van der Waals surface area contributed by atoms with E-state index in [1.807, 2.05) is 0 Å². The van der Waals surface area contributed by atoms with Crippen molar-refractivity contribution in [1.29, 1.82) is 0 Å². The summed E-state index contributed by atoms with van der Waals surface area (Å²) in [6, 6.07) is 0. The minimum atomic E-state index is -0.714. The van der Waals surface area contributed by atoms with E-state index in [0.717, 1.165) is 30.0 Å². The molecule has 0 bridgehead atoms. The molecule has 4 heteroatoms. The van der Waals surface area contributed by atoms with Crippen molar-refractivity contribution >= 4 is 17.3 Å². The van der Waals surface area contributed by atoms with Crippen LogP contribution in [-0.4, -0.2) is 16.1 Å². The predicted molar refractivity (Wildman–Crippen MR) is 54.8 cm³/mol. The second kappa shape index (κ2) is 3.69. The molecule has 1 heterocycles. The predicted octanol–water partition coefficient (Wildman–Crippen LogP) is 2.21. The van der Waals surface area contributed by atoms with Crippen LogP contribution in [0, 0.1) is 0 Å². The van der Waals surface area contributed by atoms with Crippen LogP contribution < -0.4 is 0 Å². The number of aromatic nitrogens is 1. The highest BCUT2D eigenvalue weighted by Crippen LogP contribution is 2.38. The van der Waals surface area contributed by atoms with E-state index in [0.29, 0.717) is 0 Å². The van der Waals surface area contributed by atoms with Crippen LogP contribution in [0.1, 0.15) is 41.3 Å². The van der Waals surface area contributed by atoms with Crippen molar-refractivity contribution in [3.05, 3.63) is 15.6 Å². The SMILES string of the molecule is CCc1nc2c(s1)CCC2CC(=O)O. The Bertz CT molecular complexity index is 359. The fraction of sp³-hybridized carbons (Fsp3) is 0.600. The number of aryl methyl sites for hydroxylation is 2. The molecule has 0 saturated carbocycles. The molecule has 1 aliphatic carbocycles. The van der Waals surface area contributed by atoms with Crippen molar-refractivity contribution < 1.29 is 9.90 Å². The van der Waals surface area contributed by atoms with Gasteiger partial charge in [0.05, 0.1) is 17.1 Å².